The van der Waals surface area contributed by atoms with Crippen LogP contribution in [-0.4, -0.2) is 22.2 Å². The quantitative estimate of drug-likeness (QED) is 0.889. The molecule has 1 heterocycles. The third-order valence-electron chi connectivity index (χ3n) is 3.15. The Kier molecular flexibility index (Phi) is 5.04. The number of hydrogen-bond donors (Lipinski definition) is 1. The molecule has 2 aromatic rings. The predicted octanol–water partition coefficient (Wildman–Crippen LogP) is 3.19. The first-order valence-corrected chi connectivity index (χ1v) is 7.12. The highest BCUT2D eigenvalue weighted by Gasteiger charge is 2.23. The van der Waals surface area contributed by atoms with Gasteiger partial charge in [0.25, 0.3) is 0 Å². The maximum absolute atomic E-state index is 5.99. The second-order valence-electron chi connectivity index (χ2n) is 4.71. The highest BCUT2D eigenvalue weighted by molar-refractivity contribution is 6.30. The Morgan fingerprint density at radius 3 is 2.85 bits per heavy atom. The third kappa shape index (κ3) is 3.52. The fourth-order valence-corrected chi connectivity index (χ4v) is 2.37. The van der Waals surface area contributed by atoms with E-state index in [1.165, 1.54) is 0 Å². The normalized spacial score (nSPS) is 14.0. The van der Waals surface area contributed by atoms with Crippen LogP contribution in [0, 0.1) is 0 Å². The molecule has 5 heteroatoms. The van der Waals surface area contributed by atoms with E-state index in [4.69, 9.17) is 16.3 Å². The van der Waals surface area contributed by atoms with E-state index in [0.717, 1.165) is 18.1 Å². The molecule has 1 aromatic carbocycles. The Bertz CT molecular complexity index is 556. The van der Waals surface area contributed by atoms with E-state index in [2.05, 4.69) is 17.2 Å². The Hall–Kier alpha value is -1.52. The van der Waals surface area contributed by atoms with Crippen LogP contribution < -0.4 is 10.1 Å². The van der Waals surface area contributed by atoms with Crippen molar-refractivity contribution in [3.8, 4) is 5.75 Å². The van der Waals surface area contributed by atoms with Crippen molar-refractivity contribution in [2.75, 3.05) is 6.54 Å². The van der Waals surface area contributed by atoms with E-state index in [-0.39, 0.29) is 12.1 Å². The summed E-state index contributed by atoms with van der Waals surface area (Å²) in [7, 11) is 1.98. The molecule has 4 nitrogen and oxygen atoms in total. The molecule has 0 aliphatic heterocycles. The molecule has 0 bridgehead atoms. The number of hydrogen-bond acceptors (Lipinski definition) is 3. The molecule has 0 spiro atoms. The third-order valence-corrected chi connectivity index (χ3v) is 3.38. The van der Waals surface area contributed by atoms with Gasteiger partial charge in [-0.2, -0.15) is 0 Å². The molecule has 0 saturated carbocycles. The van der Waals surface area contributed by atoms with Gasteiger partial charge in [0.1, 0.15) is 23.7 Å². The van der Waals surface area contributed by atoms with Crippen LogP contribution in [0.25, 0.3) is 0 Å². The van der Waals surface area contributed by atoms with Crippen molar-refractivity contribution in [1.29, 1.82) is 0 Å². The van der Waals surface area contributed by atoms with E-state index in [1.54, 1.807) is 6.20 Å². The molecule has 2 unspecified atom stereocenters. The molecule has 108 valence electrons. The summed E-state index contributed by atoms with van der Waals surface area (Å²) in [6.07, 6.45) is 3.67. The zero-order valence-corrected chi connectivity index (χ0v) is 12.8. The molecule has 0 saturated heterocycles. The van der Waals surface area contributed by atoms with E-state index in [9.17, 15) is 0 Å². The molecule has 2 rings (SSSR count). The maximum atomic E-state index is 5.99. The SMILES string of the molecule is CCNC(c1nccn1C)C(C)Oc1cccc(Cl)c1. The van der Waals surface area contributed by atoms with E-state index in [0.29, 0.717) is 5.02 Å². The van der Waals surface area contributed by atoms with E-state index < -0.39 is 0 Å². The minimum absolute atomic E-state index is 0.0268. The molecular formula is C15H20ClN3O. The lowest BCUT2D eigenvalue weighted by Gasteiger charge is -2.25. The molecule has 1 aromatic heterocycles. The van der Waals surface area contributed by atoms with Gasteiger partial charge in [-0.05, 0) is 31.7 Å². The number of rotatable bonds is 6. The van der Waals surface area contributed by atoms with Crippen molar-refractivity contribution in [3.63, 3.8) is 0 Å². The first-order valence-electron chi connectivity index (χ1n) is 6.74. The summed E-state index contributed by atoms with van der Waals surface area (Å²) in [5.74, 6) is 1.73. The minimum atomic E-state index is -0.0606. The van der Waals surface area contributed by atoms with Crippen molar-refractivity contribution in [2.45, 2.75) is 26.0 Å². The van der Waals surface area contributed by atoms with Crippen LogP contribution in [0.1, 0.15) is 25.7 Å². The maximum Gasteiger partial charge on any atom is 0.129 e. The number of aromatic nitrogens is 2. The number of nitrogens with one attached hydrogen (secondary N) is 1. The smallest absolute Gasteiger partial charge is 0.129 e. The summed E-state index contributed by atoms with van der Waals surface area (Å²) in [6, 6.07) is 7.47. The van der Waals surface area contributed by atoms with Gasteiger partial charge in [-0.3, -0.25) is 0 Å². The van der Waals surface area contributed by atoms with Gasteiger partial charge in [0.05, 0.1) is 0 Å². The molecule has 2 atom stereocenters. The van der Waals surface area contributed by atoms with Crippen LogP contribution in [0.5, 0.6) is 5.75 Å². The van der Waals surface area contributed by atoms with Crippen LogP contribution in [0.15, 0.2) is 36.7 Å². The first kappa shape index (κ1) is 14.9. The van der Waals surface area contributed by atoms with Crippen molar-refractivity contribution < 1.29 is 4.74 Å². The van der Waals surface area contributed by atoms with Crippen LogP contribution in [0.4, 0.5) is 0 Å². The predicted molar refractivity (Wildman–Crippen MR) is 81.2 cm³/mol. The molecule has 0 aliphatic carbocycles. The Morgan fingerprint density at radius 1 is 1.45 bits per heavy atom. The summed E-state index contributed by atoms with van der Waals surface area (Å²) in [5, 5.41) is 4.09. The largest absolute Gasteiger partial charge is 0.489 e. The number of halogens is 1. The molecule has 0 amide bonds. The summed E-state index contributed by atoms with van der Waals surface area (Å²) in [6.45, 7) is 4.95. The summed E-state index contributed by atoms with van der Waals surface area (Å²) in [4.78, 5) is 4.41. The lowest BCUT2D eigenvalue weighted by Crippen LogP contribution is -2.35. The average molecular weight is 294 g/mol. The van der Waals surface area contributed by atoms with E-state index >= 15 is 0 Å². The molecule has 1 N–H and O–H groups in total. The highest BCUT2D eigenvalue weighted by atomic mass is 35.5. The van der Waals surface area contributed by atoms with Gasteiger partial charge in [0.15, 0.2) is 0 Å². The van der Waals surface area contributed by atoms with Crippen molar-refractivity contribution in [1.82, 2.24) is 14.9 Å². The molecular weight excluding hydrogens is 274 g/mol. The Morgan fingerprint density at radius 2 is 2.25 bits per heavy atom. The van der Waals surface area contributed by atoms with Gasteiger partial charge in [0.2, 0.25) is 0 Å². The monoisotopic (exact) mass is 293 g/mol. The van der Waals surface area contributed by atoms with Gasteiger partial charge in [-0.25, -0.2) is 4.98 Å². The van der Waals surface area contributed by atoms with Crippen LogP contribution >= 0.6 is 11.6 Å². The lowest BCUT2D eigenvalue weighted by atomic mass is 10.1. The van der Waals surface area contributed by atoms with Crippen molar-refractivity contribution >= 4 is 11.6 Å². The fourth-order valence-electron chi connectivity index (χ4n) is 2.19. The summed E-state index contributed by atoms with van der Waals surface area (Å²) in [5.41, 5.74) is 0. The van der Waals surface area contributed by atoms with Gasteiger partial charge >= 0.3 is 0 Å². The molecule has 0 radical (unpaired) electrons. The Balaban J connectivity index is 2.15. The van der Waals surface area contributed by atoms with Crippen molar-refractivity contribution in [2.24, 2.45) is 7.05 Å². The standard InChI is InChI=1S/C15H20ClN3O/c1-4-17-14(15-18-8-9-19(15)3)11(2)20-13-7-5-6-12(16)10-13/h5-11,14,17H,4H2,1-3H3. The summed E-state index contributed by atoms with van der Waals surface area (Å²) >= 11 is 5.98. The van der Waals surface area contributed by atoms with Gasteiger partial charge in [-0.1, -0.05) is 24.6 Å². The summed E-state index contributed by atoms with van der Waals surface area (Å²) < 4.78 is 7.99. The fraction of sp³-hybridized carbons (Fsp3) is 0.400. The molecule has 0 fully saturated rings. The number of benzene rings is 1. The van der Waals surface area contributed by atoms with Crippen LogP contribution in [0.3, 0.4) is 0 Å². The molecule has 20 heavy (non-hydrogen) atoms. The number of likely N-dealkylation sites (N-methyl/N-ethyl adjacent to an activating group) is 1. The van der Waals surface area contributed by atoms with Crippen LogP contribution in [0.2, 0.25) is 5.02 Å². The van der Waals surface area contributed by atoms with Gasteiger partial charge in [0, 0.05) is 24.5 Å². The highest BCUT2D eigenvalue weighted by Crippen LogP contribution is 2.23. The van der Waals surface area contributed by atoms with Crippen LogP contribution in [-0.2, 0) is 7.05 Å². The lowest BCUT2D eigenvalue weighted by molar-refractivity contribution is 0.165. The zero-order chi connectivity index (χ0) is 14.5. The van der Waals surface area contributed by atoms with Gasteiger partial charge < -0.3 is 14.6 Å². The average Bonchev–Trinajstić information content (AvgIpc) is 2.82. The van der Waals surface area contributed by atoms with Crippen molar-refractivity contribution in [3.05, 3.63) is 47.5 Å². The number of ether oxygens (including phenoxy) is 1. The topological polar surface area (TPSA) is 39.1 Å². The number of nitrogens with zero attached hydrogens (tertiary/aromatic N) is 2. The zero-order valence-electron chi connectivity index (χ0n) is 12.0. The number of imidazole rings is 1. The second kappa shape index (κ2) is 6.77. The minimum Gasteiger partial charge on any atom is -0.489 e. The number of aryl methyl sites for hydroxylation is 1. The second-order valence-corrected chi connectivity index (χ2v) is 5.15. The first-order chi connectivity index (χ1) is 9.61. The van der Waals surface area contributed by atoms with E-state index in [1.807, 2.05) is 49.0 Å². The molecule has 0 aliphatic rings. The Labute approximate surface area is 124 Å². The van der Waals surface area contributed by atoms with Gasteiger partial charge in [-0.15, -0.1) is 0 Å².